The summed E-state index contributed by atoms with van der Waals surface area (Å²) in [5.41, 5.74) is 3.28. The van der Waals surface area contributed by atoms with E-state index in [1.807, 2.05) is 56.3 Å². The summed E-state index contributed by atoms with van der Waals surface area (Å²) in [7, 11) is 0. The van der Waals surface area contributed by atoms with Gasteiger partial charge in [0.2, 0.25) is 17.7 Å². The number of nitrogens with zero attached hydrogens (tertiary/aromatic N) is 3. The van der Waals surface area contributed by atoms with E-state index in [4.69, 9.17) is 4.42 Å². The minimum Gasteiger partial charge on any atom is -0.411 e. The third-order valence-corrected chi connectivity index (χ3v) is 5.42. The third kappa shape index (κ3) is 4.17. The van der Waals surface area contributed by atoms with Crippen molar-refractivity contribution < 1.29 is 14.0 Å². The fourth-order valence-corrected chi connectivity index (χ4v) is 3.95. The Balaban J connectivity index is 1.49. The van der Waals surface area contributed by atoms with Crippen LogP contribution < -0.4 is 10.2 Å². The number of rotatable bonds is 4. The molecule has 1 aliphatic rings. The van der Waals surface area contributed by atoms with Crippen molar-refractivity contribution in [2.24, 2.45) is 0 Å². The number of anilines is 2. The molecule has 7 nitrogen and oxygen atoms in total. The summed E-state index contributed by atoms with van der Waals surface area (Å²) < 4.78 is 5.70. The highest BCUT2D eigenvalue weighted by Crippen LogP contribution is 2.32. The Morgan fingerprint density at radius 2 is 2.07 bits per heavy atom. The molecule has 3 aromatic rings. The Bertz CT molecular complexity index is 1070. The van der Waals surface area contributed by atoms with Gasteiger partial charge in [-0.2, -0.15) is 0 Å². The Kier molecular flexibility index (Phi) is 5.35. The van der Waals surface area contributed by atoms with Crippen LogP contribution in [-0.2, 0) is 9.59 Å². The van der Waals surface area contributed by atoms with E-state index in [0.717, 1.165) is 11.1 Å². The molecule has 0 saturated heterocycles. The van der Waals surface area contributed by atoms with Crippen LogP contribution in [0, 0.1) is 6.92 Å². The maximum atomic E-state index is 13.0. The average molecular weight is 408 g/mol. The highest BCUT2D eigenvalue weighted by Gasteiger charge is 2.29. The fraction of sp³-hybridized carbons (Fsp3) is 0.238. The van der Waals surface area contributed by atoms with E-state index in [2.05, 4.69) is 15.5 Å². The van der Waals surface area contributed by atoms with E-state index in [1.165, 1.54) is 11.8 Å². The van der Waals surface area contributed by atoms with E-state index < -0.39 is 0 Å². The van der Waals surface area contributed by atoms with Crippen LogP contribution in [0.5, 0.6) is 0 Å². The van der Waals surface area contributed by atoms with Crippen LogP contribution in [0.3, 0.4) is 0 Å². The van der Waals surface area contributed by atoms with Gasteiger partial charge in [0.05, 0.1) is 17.1 Å². The minimum absolute atomic E-state index is 0.104. The molecule has 0 radical (unpaired) electrons. The molecule has 1 aromatic heterocycles. The first-order valence-corrected chi connectivity index (χ1v) is 10.2. The lowest BCUT2D eigenvalue weighted by Gasteiger charge is -2.27. The maximum Gasteiger partial charge on any atom is 0.277 e. The summed E-state index contributed by atoms with van der Waals surface area (Å²) >= 11 is 1.19. The number of aryl methyl sites for hydroxylation is 1. The number of fused-ring (bicyclic) bond motifs is 1. The molecular formula is C21H20N4O3S. The van der Waals surface area contributed by atoms with Crippen LogP contribution in [0.15, 0.2) is 58.2 Å². The van der Waals surface area contributed by atoms with Crippen molar-refractivity contribution in [2.45, 2.75) is 31.5 Å². The van der Waals surface area contributed by atoms with Crippen molar-refractivity contribution in [1.29, 1.82) is 0 Å². The number of benzene rings is 2. The quantitative estimate of drug-likeness (QED) is 0.659. The second kappa shape index (κ2) is 8.08. The van der Waals surface area contributed by atoms with Gasteiger partial charge >= 0.3 is 0 Å². The molecule has 148 valence electrons. The topological polar surface area (TPSA) is 88.3 Å². The van der Waals surface area contributed by atoms with Crippen LogP contribution >= 0.6 is 11.8 Å². The van der Waals surface area contributed by atoms with Gasteiger partial charge in [-0.15, -0.1) is 10.2 Å². The molecule has 2 amide bonds. The van der Waals surface area contributed by atoms with Gasteiger partial charge in [0.15, 0.2) is 0 Å². The van der Waals surface area contributed by atoms with E-state index in [0.29, 0.717) is 22.5 Å². The van der Waals surface area contributed by atoms with E-state index in [1.54, 1.807) is 11.0 Å². The number of amides is 2. The monoisotopic (exact) mass is 408 g/mol. The fourth-order valence-electron chi connectivity index (χ4n) is 3.32. The first-order valence-electron chi connectivity index (χ1n) is 9.25. The van der Waals surface area contributed by atoms with Crippen molar-refractivity contribution in [3.8, 4) is 11.5 Å². The zero-order valence-corrected chi connectivity index (χ0v) is 16.9. The summed E-state index contributed by atoms with van der Waals surface area (Å²) in [6, 6.07) is 14.9. The van der Waals surface area contributed by atoms with E-state index in [9.17, 15) is 9.59 Å². The standard InChI is InChI=1S/C21H20N4O3S/c1-13-6-5-7-15(10-13)20-23-24-21(28-20)29-12-19(27)25-14(2)11-18(26)22-16-8-3-4-9-17(16)25/h3-10,14H,11-12H2,1-2H3,(H,22,26)/t14-/m1/s1. The van der Waals surface area contributed by atoms with E-state index >= 15 is 0 Å². The summed E-state index contributed by atoms with van der Waals surface area (Å²) in [6.45, 7) is 3.86. The highest BCUT2D eigenvalue weighted by atomic mass is 32.2. The van der Waals surface area contributed by atoms with Gasteiger partial charge in [-0.1, -0.05) is 41.6 Å². The molecule has 0 unspecified atom stereocenters. The first-order chi connectivity index (χ1) is 14.0. The second-order valence-corrected chi connectivity index (χ2v) is 7.84. The average Bonchev–Trinajstić information content (AvgIpc) is 3.12. The second-order valence-electron chi connectivity index (χ2n) is 6.91. The Morgan fingerprint density at radius 1 is 1.24 bits per heavy atom. The number of carbonyl (C=O) groups excluding carboxylic acids is 2. The molecule has 4 rings (SSSR count). The molecule has 2 aromatic carbocycles. The molecule has 8 heteroatoms. The number of hydrogen-bond donors (Lipinski definition) is 1. The molecule has 0 spiro atoms. The summed E-state index contributed by atoms with van der Waals surface area (Å²) in [5, 5.41) is 11.3. The SMILES string of the molecule is Cc1cccc(-c2nnc(SCC(=O)N3c4ccccc4NC(=O)C[C@H]3C)o2)c1. The lowest BCUT2D eigenvalue weighted by atomic mass is 10.1. The van der Waals surface area contributed by atoms with Gasteiger partial charge in [0.25, 0.3) is 5.22 Å². The highest BCUT2D eigenvalue weighted by molar-refractivity contribution is 7.99. The van der Waals surface area contributed by atoms with E-state index in [-0.39, 0.29) is 30.0 Å². The molecule has 1 aliphatic heterocycles. The Labute approximate surface area is 172 Å². The lowest BCUT2D eigenvalue weighted by Crippen LogP contribution is -2.40. The summed E-state index contributed by atoms with van der Waals surface area (Å²) in [4.78, 5) is 26.7. The van der Waals surface area contributed by atoms with Crippen molar-refractivity contribution >= 4 is 35.0 Å². The number of aromatic nitrogens is 2. The van der Waals surface area contributed by atoms with Gasteiger partial charge < -0.3 is 14.6 Å². The molecule has 29 heavy (non-hydrogen) atoms. The molecule has 1 N–H and O–H groups in total. The smallest absolute Gasteiger partial charge is 0.277 e. The molecule has 0 saturated carbocycles. The van der Waals surface area contributed by atoms with Gasteiger partial charge in [-0.25, -0.2) is 0 Å². The van der Waals surface area contributed by atoms with Crippen molar-refractivity contribution in [3.05, 3.63) is 54.1 Å². The number of hydrogen-bond acceptors (Lipinski definition) is 6. The molecule has 0 fully saturated rings. The molecule has 2 heterocycles. The van der Waals surface area contributed by atoms with Crippen LogP contribution in [-0.4, -0.2) is 33.8 Å². The minimum atomic E-state index is -0.253. The Hall–Kier alpha value is -3.13. The van der Waals surface area contributed by atoms with Gasteiger partial charge in [0.1, 0.15) is 0 Å². The van der Waals surface area contributed by atoms with Crippen LogP contribution in [0.2, 0.25) is 0 Å². The van der Waals surface area contributed by atoms with Crippen molar-refractivity contribution in [3.63, 3.8) is 0 Å². The normalized spacial score (nSPS) is 16.1. The molecule has 0 bridgehead atoms. The van der Waals surface area contributed by atoms with Crippen molar-refractivity contribution in [1.82, 2.24) is 10.2 Å². The predicted octanol–water partition coefficient (Wildman–Crippen LogP) is 3.90. The number of carbonyl (C=O) groups is 2. The largest absolute Gasteiger partial charge is 0.411 e. The Morgan fingerprint density at radius 3 is 2.90 bits per heavy atom. The van der Waals surface area contributed by atoms with Crippen LogP contribution in [0.25, 0.3) is 11.5 Å². The lowest BCUT2D eigenvalue weighted by molar-refractivity contribution is -0.117. The number of para-hydroxylation sites is 2. The zero-order valence-electron chi connectivity index (χ0n) is 16.1. The maximum absolute atomic E-state index is 13.0. The first kappa shape index (κ1) is 19.2. The van der Waals surface area contributed by atoms with Crippen LogP contribution in [0.1, 0.15) is 18.9 Å². The van der Waals surface area contributed by atoms with Gasteiger partial charge in [-0.3, -0.25) is 9.59 Å². The molecular weight excluding hydrogens is 388 g/mol. The molecule has 0 aliphatic carbocycles. The molecule has 1 atom stereocenters. The van der Waals surface area contributed by atoms with Crippen LogP contribution in [0.4, 0.5) is 11.4 Å². The third-order valence-electron chi connectivity index (χ3n) is 4.62. The summed E-state index contributed by atoms with van der Waals surface area (Å²) in [6.07, 6.45) is 0.239. The van der Waals surface area contributed by atoms with Gasteiger partial charge in [0, 0.05) is 18.0 Å². The predicted molar refractivity (Wildman–Crippen MR) is 112 cm³/mol. The zero-order chi connectivity index (χ0) is 20.4. The van der Waals surface area contributed by atoms with Gasteiger partial charge in [-0.05, 0) is 38.1 Å². The summed E-state index contributed by atoms with van der Waals surface area (Å²) in [5.74, 6) is 0.323. The number of thioether (sulfide) groups is 1. The van der Waals surface area contributed by atoms with Crippen molar-refractivity contribution in [2.75, 3.05) is 16.0 Å². The number of nitrogens with one attached hydrogen (secondary N) is 1.